The van der Waals surface area contributed by atoms with Crippen molar-refractivity contribution in [2.24, 2.45) is 0 Å². The molecule has 1 rings (SSSR count). The molecule has 0 heterocycles. The monoisotopic (exact) mass is 223 g/mol. The fourth-order valence-corrected chi connectivity index (χ4v) is 1.27. The summed E-state index contributed by atoms with van der Waals surface area (Å²) in [6.07, 6.45) is 0. The van der Waals surface area contributed by atoms with E-state index in [1.807, 2.05) is 19.9 Å². The Morgan fingerprint density at radius 1 is 1.50 bits per heavy atom. The Kier molecular flexibility index (Phi) is 3.90. The van der Waals surface area contributed by atoms with Crippen LogP contribution < -0.4 is 5.32 Å². The Hall–Kier alpha value is -1.55. The van der Waals surface area contributed by atoms with E-state index in [1.54, 1.807) is 18.2 Å². The van der Waals surface area contributed by atoms with E-state index in [9.17, 15) is 4.79 Å². The predicted molar refractivity (Wildman–Crippen MR) is 62.6 cm³/mol. The van der Waals surface area contributed by atoms with Gasteiger partial charge in [0.25, 0.3) is 0 Å². The first kappa shape index (κ1) is 12.5. The fraction of sp³-hybridized carbons (Fsp3) is 0.417. The van der Waals surface area contributed by atoms with Crippen molar-refractivity contribution >= 4 is 11.7 Å². The molecule has 0 aromatic heterocycles. The van der Waals surface area contributed by atoms with Crippen LogP contribution in [-0.4, -0.2) is 30.3 Å². The fourth-order valence-electron chi connectivity index (χ4n) is 1.27. The number of carbonyl (C=O) groups is 1. The molecule has 2 N–H and O–H groups in total. The van der Waals surface area contributed by atoms with Gasteiger partial charge in [0.2, 0.25) is 0 Å². The van der Waals surface area contributed by atoms with Crippen LogP contribution in [-0.2, 0) is 4.74 Å². The molecule has 0 spiro atoms. The van der Waals surface area contributed by atoms with Crippen LogP contribution in [0.25, 0.3) is 0 Å². The highest BCUT2D eigenvalue weighted by Gasteiger charge is 2.16. The molecule has 88 valence electrons. The number of hydrogen-bond acceptors (Lipinski definition) is 4. The molecule has 0 fully saturated rings. The third kappa shape index (κ3) is 3.24. The zero-order chi connectivity index (χ0) is 12.2. The first-order chi connectivity index (χ1) is 7.48. The van der Waals surface area contributed by atoms with Gasteiger partial charge in [-0.05, 0) is 32.0 Å². The number of carbonyl (C=O) groups excluding carboxylic acids is 1. The molecule has 0 aliphatic heterocycles. The van der Waals surface area contributed by atoms with Gasteiger partial charge < -0.3 is 15.2 Å². The summed E-state index contributed by atoms with van der Waals surface area (Å²) in [6.45, 7) is 3.76. The van der Waals surface area contributed by atoms with E-state index < -0.39 is 5.54 Å². The van der Waals surface area contributed by atoms with Crippen LogP contribution in [0.15, 0.2) is 24.3 Å². The lowest BCUT2D eigenvalue weighted by Gasteiger charge is -2.25. The standard InChI is InChI=1S/C12H17NO3/c1-12(2,8-14)13-10-6-4-5-9(7-10)11(15)16-3/h4-7,13-14H,8H2,1-3H3. The molecule has 0 saturated carbocycles. The maximum Gasteiger partial charge on any atom is 0.337 e. The molecule has 0 aliphatic rings. The quantitative estimate of drug-likeness (QED) is 0.762. The Morgan fingerprint density at radius 3 is 2.75 bits per heavy atom. The van der Waals surface area contributed by atoms with Gasteiger partial charge in [0.05, 0.1) is 24.8 Å². The van der Waals surface area contributed by atoms with Crippen molar-refractivity contribution < 1.29 is 14.6 Å². The minimum absolute atomic E-state index is 0.00938. The number of hydrogen-bond donors (Lipinski definition) is 2. The Balaban J connectivity index is 2.87. The van der Waals surface area contributed by atoms with Crippen LogP contribution in [0.2, 0.25) is 0 Å². The van der Waals surface area contributed by atoms with E-state index in [0.29, 0.717) is 5.56 Å². The first-order valence-corrected chi connectivity index (χ1v) is 5.06. The summed E-state index contributed by atoms with van der Waals surface area (Å²) in [5, 5.41) is 12.3. The van der Waals surface area contributed by atoms with Gasteiger partial charge >= 0.3 is 5.97 Å². The molecule has 1 aromatic rings. The number of aliphatic hydroxyl groups excluding tert-OH is 1. The summed E-state index contributed by atoms with van der Waals surface area (Å²) >= 11 is 0. The van der Waals surface area contributed by atoms with Gasteiger partial charge in [-0.1, -0.05) is 6.07 Å². The van der Waals surface area contributed by atoms with Crippen LogP contribution in [0, 0.1) is 0 Å². The van der Waals surface area contributed by atoms with Crippen molar-refractivity contribution in [2.75, 3.05) is 19.0 Å². The van der Waals surface area contributed by atoms with Gasteiger partial charge in [-0.2, -0.15) is 0 Å². The highest BCUT2D eigenvalue weighted by atomic mass is 16.5. The number of aliphatic hydroxyl groups is 1. The summed E-state index contributed by atoms with van der Waals surface area (Å²) in [5.41, 5.74) is 0.845. The molecule has 0 radical (unpaired) electrons. The SMILES string of the molecule is COC(=O)c1cccc(NC(C)(C)CO)c1. The third-order valence-electron chi connectivity index (χ3n) is 2.16. The summed E-state index contributed by atoms with van der Waals surface area (Å²) in [7, 11) is 1.35. The molecule has 0 atom stereocenters. The lowest BCUT2D eigenvalue weighted by atomic mass is 10.1. The number of nitrogens with one attached hydrogen (secondary N) is 1. The second-order valence-corrected chi connectivity index (χ2v) is 4.24. The maximum absolute atomic E-state index is 11.3. The molecule has 0 saturated heterocycles. The van der Waals surface area contributed by atoms with E-state index in [-0.39, 0.29) is 12.6 Å². The average molecular weight is 223 g/mol. The van der Waals surface area contributed by atoms with E-state index in [4.69, 9.17) is 5.11 Å². The smallest absolute Gasteiger partial charge is 0.337 e. The van der Waals surface area contributed by atoms with Crippen LogP contribution in [0.1, 0.15) is 24.2 Å². The highest BCUT2D eigenvalue weighted by molar-refractivity contribution is 5.90. The summed E-state index contributed by atoms with van der Waals surface area (Å²) in [5.74, 6) is -0.370. The van der Waals surface area contributed by atoms with Crippen molar-refractivity contribution in [2.45, 2.75) is 19.4 Å². The molecule has 16 heavy (non-hydrogen) atoms. The molecular formula is C12H17NO3. The lowest BCUT2D eigenvalue weighted by molar-refractivity contribution is 0.0601. The topological polar surface area (TPSA) is 58.6 Å². The third-order valence-corrected chi connectivity index (χ3v) is 2.16. The van der Waals surface area contributed by atoms with Crippen molar-refractivity contribution in [3.05, 3.63) is 29.8 Å². The van der Waals surface area contributed by atoms with Gasteiger partial charge in [0.1, 0.15) is 0 Å². The minimum atomic E-state index is -0.422. The number of benzene rings is 1. The minimum Gasteiger partial charge on any atom is -0.465 e. The van der Waals surface area contributed by atoms with E-state index >= 15 is 0 Å². The number of esters is 1. The summed E-state index contributed by atoms with van der Waals surface area (Å²) in [4.78, 5) is 11.3. The number of rotatable bonds is 4. The van der Waals surface area contributed by atoms with Gasteiger partial charge in [0, 0.05) is 5.69 Å². The molecule has 0 bridgehead atoms. The molecule has 4 heteroatoms. The number of methoxy groups -OCH3 is 1. The molecular weight excluding hydrogens is 206 g/mol. The van der Waals surface area contributed by atoms with Gasteiger partial charge in [0.15, 0.2) is 0 Å². The number of anilines is 1. The Labute approximate surface area is 95.2 Å². The van der Waals surface area contributed by atoms with Gasteiger partial charge in [-0.15, -0.1) is 0 Å². The lowest BCUT2D eigenvalue weighted by Crippen LogP contribution is -2.34. The zero-order valence-electron chi connectivity index (χ0n) is 9.78. The second-order valence-electron chi connectivity index (χ2n) is 4.24. The summed E-state index contributed by atoms with van der Waals surface area (Å²) < 4.78 is 4.63. The molecule has 0 unspecified atom stereocenters. The zero-order valence-corrected chi connectivity index (χ0v) is 9.78. The van der Waals surface area contributed by atoms with Crippen molar-refractivity contribution in [1.29, 1.82) is 0 Å². The van der Waals surface area contributed by atoms with Crippen LogP contribution in [0.5, 0.6) is 0 Å². The van der Waals surface area contributed by atoms with Gasteiger partial charge in [-0.25, -0.2) is 4.79 Å². The Morgan fingerprint density at radius 2 is 2.19 bits per heavy atom. The van der Waals surface area contributed by atoms with Crippen LogP contribution in [0.4, 0.5) is 5.69 Å². The van der Waals surface area contributed by atoms with E-state index in [1.165, 1.54) is 7.11 Å². The van der Waals surface area contributed by atoms with Crippen LogP contribution >= 0.6 is 0 Å². The average Bonchev–Trinajstić information content (AvgIpc) is 2.28. The van der Waals surface area contributed by atoms with Crippen molar-refractivity contribution in [1.82, 2.24) is 0 Å². The predicted octanol–water partition coefficient (Wildman–Crippen LogP) is 1.66. The summed E-state index contributed by atoms with van der Waals surface area (Å²) in [6, 6.07) is 6.98. The Bertz CT molecular complexity index is 374. The maximum atomic E-state index is 11.3. The second kappa shape index (κ2) is 4.99. The highest BCUT2D eigenvalue weighted by Crippen LogP contribution is 2.16. The van der Waals surface area contributed by atoms with Crippen molar-refractivity contribution in [3.8, 4) is 0 Å². The molecule has 0 aliphatic carbocycles. The van der Waals surface area contributed by atoms with Crippen molar-refractivity contribution in [3.63, 3.8) is 0 Å². The van der Waals surface area contributed by atoms with E-state index in [0.717, 1.165) is 5.69 Å². The van der Waals surface area contributed by atoms with E-state index in [2.05, 4.69) is 10.1 Å². The number of ether oxygens (including phenoxy) is 1. The molecule has 0 amide bonds. The normalized spacial score (nSPS) is 11.0. The van der Waals surface area contributed by atoms with Crippen LogP contribution in [0.3, 0.4) is 0 Å². The first-order valence-electron chi connectivity index (χ1n) is 5.06. The van der Waals surface area contributed by atoms with Gasteiger partial charge in [-0.3, -0.25) is 0 Å². The largest absolute Gasteiger partial charge is 0.465 e. The molecule has 1 aromatic carbocycles. The molecule has 4 nitrogen and oxygen atoms in total.